The van der Waals surface area contributed by atoms with Gasteiger partial charge in [0.25, 0.3) is 0 Å². The molecule has 0 spiro atoms. The van der Waals surface area contributed by atoms with Crippen molar-refractivity contribution in [2.45, 2.75) is 39.0 Å². The minimum absolute atomic E-state index is 0.0318. The van der Waals surface area contributed by atoms with Gasteiger partial charge >= 0.3 is 0 Å². The van der Waals surface area contributed by atoms with Gasteiger partial charge in [-0.3, -0.25) is 10.3 Å². The number of nitrogens with zero attached hydrogens (tertiary/aromatic N) is 1. The van der Waals surface area contributed by atoms with E-state index in [1.165, 1.54) is 0 Å². The Morgan fingerprint density at radius 3 is 2.81 bits per heavy atom. The quantitative estimate of drug-likeness (QED) is 0.657. The van der Waals surface area contributed by atoms with E-state index in [0.29, 0.717) is 11.3 Å². The van der Waals surface area contributed by atoms with Crippen LogP contribution in [0.3, 0.4) is 0 Å². The Bertz CT molecular complexity index is 528. The molecule has 1 fully saturated rings. The summed E-state index contributed by atoms with van der Waals surface area (Å²) < 4.78 is 11.2. The van der Waals surface area contributed by atoms with Crippen LogP contribution < -0.4 is 10.5 Å². The number of nitrogens with one attached hydrogen (secondary N) is 1. The molecular formula is C16H25N3O2. The van der Waals surface area contributed by atoms with Gasteiger partial charge in [-0.05, 0) is 38.5 Å². The van der Waals surface area contributed by atoms with Gasteiger partial charge in [0.05, 0.1) is 24.4 Å². The summed E-state index contributed by atoms with van der Waals surface area (Å²) in [4.78, 5) is 2.37. The van der Waals surface area contributed by atoms with Crippen LogP contribution in [0, 0.1) is 5.41 Å². The molecule has 1 aliphatic rings. The molecule has 2 rings (SSSR count). The monoisotopic (exact) mass is 291 g/mol. The molecule has 1 atom stereocenters. The predicted molar refractivity (Wildman–Crippen MR) is 83.9 cm³/mol. The van der Waals surface area contributed by atoms with E-state index >= 15 is 0 Å². The maximum atomic E-state index is 7.66. The maximum absolute atomic E-state index is 7.66. The molecule has 116 valence electrons. The van der Waals surface area contributed by atoms with Crippen LogP contribution in [0.2, 0.25) is 0 Å². The lowest BCUT2D eigenvalue weighted by atomic mass is 10.0. The van der Waals surface area contributed by atoms with E-state index in [-0.39, 0.29) is 17.5 Å². The summed E-state index contributed by atoms with van der Waals surface area (Å²) in [5, 5.41) is 7.66. The zero-order valence-electron chi connectivity index (χ0n) is 13.3. The van der Waals surface area contributed by atoms with Crippen molar-refractivity contribution in [1.29, 1.82) is 5.41 Å². The van der Waals surface area contributed by atoms with Crippen LogP contribution in [0.1, 0.15) is 31.9 Å². The lowest BCUT2D eigenvalue weighted by molar-refractivity contribution is -0.130. The number of methoxy groups -OCH3 is 1. The Labute approximate surface area is 126 Å². The molecule has 3 N–H and O–H groups in total. The van der Waals surface area contributed by atoms with Gasteiger partial charge in [-0.25, -0.2) is 0 Å². The van der Waals surface area contributed by atoms with Gasteiger partial charge in [0, 0.05) is 19.6 Å². The molecule has 1 unspecified atom stereocenters. The number of morpholine rings is 1. The molecule has 0 bridgehead atoms. The first kappa shape index (κ1) is 15.8. The van der Waals surface area contributed by atoms with Crippen LogP contribution in [0.15, 0.2) is 18.2 Å². The third-order valence-electron chi connectivity index (χ3n) is 3.60. The predicted octanol–water partition coefficient (Wildman–Crippen LogP) is 1.98. The molecule has 0 saturated carbocycles. The van der Waals surface area contributed by atoms with E-state index < -0.39 is 0 Å². The van der Waals surface area contributed by atoms with Crippen molar-refractivity contribution in [3.8, 4) is 5.75 Å². The average Bonchev–Trinajstić information content (AvgIpc) is 2.36. The van der Waals surface area contributed by atoms with Gasteiger partial charge in [0.2, 0.25) is 0 Å². The number of hydrogen-bond donors (Lipinski definition) is 2. The van der Waals surface area contributed by atoms with Gasteiger partial charge in [0.1, 0.15) is 11.6 Å². The molecule has 0 aromatic heterocycles. The van der Waals surface area contributed by atoms with Crippen molar-refractivity contribution >= 4 is 5.84 Å². The second kappa shape index (κ2) is 6.03. The average molecular weight is 291 g/mol. The molecular weight excluding hydrogens is 266 g/mol. The number of hydrogen-bond acceptors (Lipinski definition) is 4. The minimum Gasteiger partial charge on any atom is -0.496 e. The van der Waals surface area contributed by atoms with E-state index in [4.69, 9.17) is 20.6 Å². The van der Waals surface area contributed by atoms with Gasteiger partial charge < -0.3 is 15.2 Å². The molecule has 5 heteroatoms. The molecule has 0 amide bonds. The Morgan fingerprint density at radius 2 is 2.24 bits per heavy atom. The van der Waals surface area contributed by atoms with Crippen LogP contribution in [0.25, 0.3) is 0 Å². The summed E-state index contributed by atoms with van der Waals surface area (Å²) in [7, 11) is 1.59. The number of amidine groups is 1. The second-order valence-electron chi connectivity index (χ2n) is 6.31. The summed E-state index contributed by atoms with van der Waals surface area (Å²) in [5.74, 6) is 0.673. The zero-order chi connectivity index (χ0) is 15.6. The summed E-state index contributed by atoms with van der Waals surface area (Å²) in [6, 6.07) is 5.84. The van der Waals surface area contributed by atoms with E-state index in [1.807, 2.05) is 18.2 Å². The third-order valence-corrected chi connectivity index (χ3v) is 3.60. The van der Waals surface area contributed by atoms with Gasteiger partial charge in [-0.1, -0.05) is 6.07 Å². The molecule has 21 heavy (non-hydrogen) atoms. The molecule has 1 heterocycles. The highest BCUT2D eigenvalue weighted by Crippen LogP contribution is 2.24. The first-order valence-electron chi connectivity index (χ1n) is 7.22. The van der Waals surface area contributed by atoms with Crippen molar-refractivity contribution in [1.82, 2.24) is 4.90 Å². The fraction of sp³-hybridized carbons (Fsp3) is 0.562. The molecule has 5 nitrogen and oxygen atoms in total. The lowest BCUT2D eigenvalue weighted by Gasteiger charge is -2.41. The largest absolute Gasteiger partial charge is 0.496 e. The topological polar surface area (TPSA) is 71.6 Å². The van der Waals surface area contributed by atoms with Crippen molar-refractivity contribution in [3.05, 3.63) is 29.3 Å². The van der Waals surface area contributed by atoms with Crippen molar-refractivity contribution in [2.75, 3.05) is 20.2 Å². The van der Waals surface area contributed by atoms with Crippen molar-refractivity contribution < 1.29 is 9.47 Å². The normalized spacial score (nSPS) is 22.0. The van der Waals surface area contributed by atoms with E-state index in [2.05, 4.69) is 25.7 Å². The molecule has 0 aliphatic carbocycles. The Hall–Kier alpha value is -1.59. The molecule has 1 saturated heterocycles. The highest BCUT2D eigenvalue weighted by molar-refractivity contribution is 5.97. The number of ether oxygens (including phenoxy) is 2. The van der Waals surface area contributed by atoms with Crippen LogP contribution in [-0.2, 0) is 11.3 Å². The number of rotatable bonds is 4. The highest BCUT2D eigenvalue weighted by Gasteiger charge is 2.31. The van der Waals surface area contributed by atoms with Gasteiger partial charge in [-0.2, -0.15) is 0 Å². The second-order valence-corrected chi connectivity index (χ2v) is 6.31. The fourth-order valence-corrected chi connectivity index (χ4v) is 3.03. The molecule has 1 aromatic carbocycles. The van der Waals surface area contributed by atoms with E-state index in [0.717, 1.165) is 25.2 Å². The van der Waals surface area contributed by atoms with Crippen molar-refractivity contribution in [3.63, 3.8) is 0 Å². The van der Waals surface area contributed by atoms with Crippen LogP contribution in [0.5, 0.6) is 5.75 Å². The Kier molecular flexibility index (Phi) is 4.54. The summed E-state index contributed by atoms with van der Waals surface area (Å²) in [5.41, 5.74) is 7.27. The first-order chi connectivity index (χ1) is 9.80. The van der Waals surface area contributed by atoms with Crippen LogP contribution >= 0.6 is 0 Å². The molecule has 1 aromatic rings. The van der Waals surface area contributed by atoms with Gasteiger partial charge in [0.15, 0.2) is 0 Å². The number of benzene rings is 1. The van der Waals surface area contributed by atoms with Crippen LogP contribution in [0.4, 0.5) is 0 Å². The minimum atomic E-state index is -0.131. The number of nitrogen functional groups attached to an aromatic ring is 1. The van der Waals surface area contributed by atoms with E-state index in [9.17, 15) is 0 Å². The standard InChI is InChI=1S/C16H25N3O2/c1-11-8-19(10-16(2,3)21-11)9-12-5-6-14(20-4)13(7-12)15(17)18/h5-7,11H,8-10H2,1-4H3,(H3,17,18). The van der Waals surface area contributed by atoms with Crippen molar-refractivity contribution in [2.24, 2.45) is 5.73 Å². The SMILES string of the molecule is COc1ccc(CN2CC(C)OC(C)(C)C2)cc1C(=N)N. The third kappa shape index (κ3) is 3.95. The lowest BCUT2D eigenvalue weighted by Crippen LogP contribution is -2.51. The fourth-order valence-electron chi connectivity index (χ4n) is 3.03. The van der Waals surface area contributed by atoms with E-state index in [1.54, 1.807) is 7.11 Å². The Morgan fingerprint density at radius 1 is 1.52 bits per heavy atom. The summed E-state index contributed by atoms with van der Waals surface area (Å²) >= 11 is 0. The maximum Gasteiger partial charge on any atom is 0.129 e. The molecule has 1 aliphatic heterocycles. The smallest absolute Gasteiger partial charge is 0.129 e. The van der Waals surface area contributed by atoms with Crippen LogP contribution in [-0.4, -0.2) is 42.6 Å². The van der Waals surface area contributed by atoms with Gasteiger partial charge in [-0.15, -0.1) is 0 Å². The summed E-state index contributed by atoms with van der Waals surface area (Å²) in [6.07, 6.45) is 0.222. The zero-order valence-corrected chi connectivity index (χ0v) is 13.3. The molecule has 0 radical (unpaired) electrons. The first-order valence-corrected chi connectivity index (χ1v) is 7.22. The Balaban J connectivity index is 2.16. The highest BCUT2D eigenvalue weighted by atomic mass is 16.5. The summed E-state index contributed by atoms with van der Waals surface area (Å²) in [6.45, 7) is 8.95. The number of nitrogens with two attached hydrogens (primary N) is 1.